The van der Waals surface area contributed by atoms with Crippen LogP contribution in [-0.2, 0) is 38.3 Å². The molecule has 3 heterocycles. The fraction of sp³-hybridized carbons (Fsp3) is 0.486. The molecule has 59 heavy (non-hydrogen) atoms. The molecule has 2 amide bonds. The second-order valence-corrected chi connectivity index (χ2v) is 14.4. The van der Waals surface area contributed by atoms with Crippen LogP contribution in [-0.4, -0.2) is 87.6 Å². The van der Waals surface area contributed by atoms with Crippen LogP contribution in [0.1, 0.15) is 76.8 Å². The molecular formula is C35H41ClF6N10O7. The lowest BCUT2D eigenvalue weighted by molar-refractivity contribution is -0.224. The lowest BCUT2D eigenvalue weighted by Gasteiger charge is -2.21. The van der Waals surface area contributed by atoms with Crippen LogP contribution in [0.2, 0.25) is 5.02 Å². The Morgan fingerprint density at radius 3 is 2.29 bits per heavy atom. The van der Waals surface area contributed by atoms with E-state index in [9.17, 15) is 50.6 Å². The minimum Gasteiger partial charge on any atom is -0.451 e. The number of hydrogen-bond donors (Lipinski definition) is 4. The number of aliphatic hydroxyl groups excluding tert-OH is 1. The van der Waals surface area contributed by atoms with E-state index < -0.39 is 103 Å². The zero-order chi connectivity index (χ0) is 43.9. The number of esters is 1. The number of benzene rings is 1. The Labute approximate surface area is 336 Å². The van der Waals surface area contributed by atoms with Gasteiger partial charge in [-0.2, -0.15) is 31.0 Å². The van der Waals surface area contributed by atoms with Crippen LogP contribution in [0.25, 0.3) is 17.2 Å². The van der Waals surface area contributed by atoms with E-state index in [1.807, 2.05) is 0 Å². The molecule has 5 N–H and O–H groups in total. The molecule has 0 aliphatic carbocycles. The molecule has 0 saturated heterocycles. The van der Waals surface area contributed by atoms with Gasteiger partial charge in [0.25, 0.3) is 0 Å². The summed E-state index contributed by atoms with van der Waals surface area (Å²) in [6.45, 7) is 4.58. The van der Waals surface area contributed by atoms with Gasteiger partial charge >= 0.3 is 30.1 Å². The SMILES string of the molecule is C[C@H](NC(=O)OC(C)(C)C)C(=O)NCCCCCC(=O)O[C@@H](Cn1c(-c2ccc(Cl)cc2)nn(Cc2nc(C(N)O)n(-c3ncccc3C(F)(F)F)n2)c1=O)C(F)(F)F. The Kier molecular flexibility index (Phi) is 14.9. The zero-order valence-electron chi connectivity index (χ0n) is 32.0. The fourth-order valence-electron chi connectivity index (χ4n) is 5.30. The normalized spacial score (nSPS) is 13.7. The van der Waals surface area contributed by atoms with Gasteiger partial charge in [-0.05, 0) is 76.9 Å². The number of unbranched alkanes of at least 4 members (excludes halogenated alkanes) is 2. The first-order valence-electron chi connectivity index (χ1n) is 17.8. The molecule has 0 bridgehead atoms. The number of hydrogen-bond acceptors (Lipinski definition) is 12. The van der Waals surface area contributed by atoms with Gasteiger partial charge in [0, 0.05) is 29.7 Å². The number of aliphatic hydroxyl groups is 1. The molecule has 24 heteroatoms. The van der Waals surface area contributed by atoms with E-state index in [0.717, 1.165) is 12.3 Å². The number of carbonyl (C=O) groups is 3. The number of pyridine rings is 1. The monoisotopic (exact) mass is 862 g/mol. The summed E-state index contributed by atoms with van der Waals surface area (Å²) in [4.78, 5) is 58.1. The Bertz CT molecular complexity index is 2150. The van der Waals surface area contributed by atoms with Crippen LogP contribution in [0.3, 0.4) is 0 Å². The number of carbonyl (C=O) groups excluding carboxylic acids is 3. The minimum absolute atomic E-state index is 0.0843. The number of alkyl carbamates (subject to hydrolysis) is 1. The minimum atomic E-state index is -5.17. The van der Waals surface area contributed by atoms with Gasteiger partial charge in [-0.15, -0.1) is 10.2 Å². The van der Waals surface area contributed by atoms with Crippen molar-refractivity contribution >= 4 is 29.6 Å². The van der Waals surface area contributed by atoms with Crippen LogP contribution < -0.4 is 22.1 Å². The van der Waals surface area contributed by atoms with Crippen molar-refractivity contribution < 1.29 is 55.3 Å². The number of nitrogens with two attached hydrogens (primary N) is 1. The van der Waals surface area contributed by atoms with Gasteiger partial charge in [0.15, 0.2) is 29.5 Å². The summed E-state index contributed by atoms with van der Waals surface area (Å²) in [5, 5.41) is 23.4. The summed E-state index contributed by atoms with van der Waals surface area (Å²) >= 11 is 5.98. The Hall–Kier alpha value is -5.55. The van der Waals surface area contributed by atoms with Crippen molar-refractivity contribution in [2.24, 2.45) is 5.73 Å². The average Bonchev–Trinajstić information content (AvgIpc) is 3.69. The van der Waals surface area contributed by atoms with Gasteiger partial charge in [0.2, 0.25) is 12.0 Å². The third-order valence-corrected chi connectivity index (χ3v) is 8.27. The van der Waals surface area contributed by atoms with Crippen molar-refractivity contribution in [2.75, 3.05) is 6.54 Å². The maximum atomic E-state index is 14.4. The van der Waals surface area contributed by atoms with Gasteiger partial charge in [-0.3, -0.25) is 19.9 Å². The van der Waals surface area contributed by atoms with Crippen LogP contribution in [0, 0.1) is 0 Å². The van der Waals surface area contributed by atoms with Crippen LogP contribution in [0.4, 0.5) is 31.1 Å². The van der Waals surface area contributed by atoms with Crippen LogP contribution in [0.5, 0.6) is 0 Å². The van der Waals surface area contributed by atoms with E-state index in [2.05, 4.69) is 30.8 Å². The smallest absolute Gasteiger partial charge is 0.427 e. The van der Waals surface area contributed by atoms with E-state index in [4.69, 9.17) is 26.8 Å². The lowest BCUT2D eigenvalue weighted by atomic mass is 10.2. The Morgan fingerprint density at radius 2 is 1.68 bits per heavy atom. The standard InChI is InChI=1S/C35H41ClF6N10O7/c1-19(46-31(56)59-33(2,3)4)30(55)45-15-7-5-6-10-25(53)58-23(35(40,41)42)17-50-27(20-11-13-21(36)14-12-20)49-51(32(50)57)18-24-47-29(26(43)54)52(48-24)28-22(34(37,38)39)9-8-16-44-28/h8-9,11-14,16,19,23,26,54H,5-7,10,15,17-18,43H2,1-4H3,(H,45,55)(H,46,56)/t19-,23-,26?/m0/s1. The molecule has 0 aliphatic heterocycles. The maximum absolute atomic E-state index is 14.4. The second-order valence-electron chi connectivity index (χ2n) is 14.0. The largest absolute Gasteiger partial charge is 0.451 e. The van der Waals surface area contributed by atoms with Gasteiger partial charge < -0.3 is 25.2 Å². The molecule has 3 aromatic heterocycles. The van der Waals surface area contributed by atoms with Crippen LogP contribution in [0.15, 0.2) is 47.4 Å². The van der Waals surface area contributed by atoms with E-state index in [1.54, 1.807) is 20.8 Å². The van der Waals surface area contributed by atoms with E-state index >= 15 is 0 Å². The first kappa shape index (κ1) is 46.1. The highest BCUT2D eigenvalue weighted by Crippen LogP contribution is 2.33. The predicted octanol–water partition coefficient (Wildman–Crippen LogP) is 4.42. The average molecular weight is 863 g/mol. The number of nitrogens with one attached hydrogen (secondary N) is 2. The van der Waals surface area contributed by atoms with Crippen molar-refractivity contribution in [2.45, 2.75) is 103 Å². The number of rotatable bonds is 16. The molecule has 322 valence electrons. The summed E-state index contributed by atoms with van der Waals surface area (Å²) in [7, 11) is 0. The van der Waals surface area contributed by atoms with E-state index in [0.29, 0.717) is 32.8 Å². The highest BCUT2D eigenvalue weighted by molar-refractivity contribution is 6.30. The summed E-state index contributed by atoms with van der Waals surface area (Å²) in [5.74, 6) is -3.91. The molecule has 0 radical (unpaired) electrons. The van der Waals surface area contributed by atoms with Crippen molar-refractivity contribution in [3.8, 4) is 17.2 Å². The summed E-state index contributed by atoms with van der Waals surface area (Å²) in [6.07, 6.45) is -14.4. The van der Waals surface area contributed by atoms with Gasteiger partial charge in [0.1, 0.15) is 23.8 Å². The van der Waals surface area contributed by atoms with E-state index in [1.165, 1.54) is 31.2 Å². The van der Waals surface area contributed by atoms with Gasteiger partial charge in [-0.25, -0.2) is 24.2 Å². The first-order valence-corrected chi connectivity index (χ1v) is 18.2. The number of amides is 2. The second kappa shape index (κ2) is 19.0. The summed E-state index contributed by atoms with van der Waals surface area (Å²) < 4.78 is 96.1. The molecule has 0 fully saturated rings. The maximum Gasteiger partial charge on any atom is 0.427 e. The highest BCUT2D eigenvalue weighted by Gasteiger charge is 2.44. The van der Waals surface area contributed by atoms with Crippen molar-refractivity contribution in [3.05, 3.63) is 75.3 Å². The topological polar surface area (TPSA) is 223 Å². The Morgan fingerprint density at radius 1 is 1.00 bits per heavy atom. The molecule has 1 unspecified atom stereocenters. The number of halogens is 7. The first-order chi connectivity index (χ1) is 27.4. The van der Waals surface area contributed by atoms with E-state index in [-0.39, 0.29) is 29.4 Å². The highest BCUT2D eigenvalue weighted by atomic mass is 35.5. The molecule has 1 aromatic carbocycles. The van der Waals surface area contributed by atoms with Crippen molar-refractivity contribution in [1.29, 1.82) is 0 Å². The number of ether oxygens (including phenoxy) is 2. The third kappa shape index (κ3) is 13.0. The number of alkyl halides is 6. The molecule has 4 aromatic rings. The quantitative estimate of drug-likeness (QED) is 0.0532. The molecule has 17 nitrogen and oxygen atoms in total. The molecule has 0 aliphatic rings. The predicted molar refractivity (Wildman–Crippen MR) is 196 cm³/mol. The van der Waals surface area contributed by atoms with Gasteiger partial charge in [-0.1, -0.05) is 18.0 Å². The molecular weight excluding hydrogens is 822 g/mol. The number of nitrogens with zero attached hydrogens (tertiary/aromatic N) is 7. The zero-order valence-corrected chi connectivity index (χ0v) is 32.7. The summed E-state index contributed by atoms with van der Waals surface area (Å²) in [6, 6.07) is 6.27. The Balaban J connectivity index is 1.48. The van der Waals surface area contributed by atoms with Crippen molar-refractivity contribution in [1.82, 2.24) is 44.7 Å². The van der Waals surface area contributed by atoms with Crippen molar-refractivity contribution in [3.63, 3.8) is 0 Å². The molecule has 3 atom stereocenters. The van der Waals surface area contributed by atoms with Gasteiger partial charge in [0.05, 0.1) is 6.54 Å². The summed E-state index contributed by atoms with van der Waals surface area (Å²) in [5.41, 5.74) is 2.45. The third-order valence-electron chi connectivity index (χ3n) is 8.02. The molecule has 0 spiro atoms. The molecule has 0 saturated carbocycles. The molecule has 4 rings (SSSR count). The fourth-order valence-corrected chi connectivity index (χ4v) is 5.43. The number of aromatic nitrogens is 7. The van der Waals surface area contributed by atoms with Crippen LogP contribution >= 0.6 is 11.6 Å². The lowest BCUT2D eigenvalue weighted by Crippen LogP contribution is -2.46.